The Kier molecular flexibility index (Phi) is 10.1. The summed E-state index contributed by atoms with van der Waals surface area (Å²) in [7, 11) is 0. The first kappa shape index (κ1) is 28.7. The monoisotopic (exact) mass is 557 g/mol. The van der Waals surface area contributed by atoms with Crippen LogP contribution in [0.15, 0.2) is 42.5 Å². The lowest BCUT2D eigenvalue weighted by Gasteiger charge is -2.25. The van der Waals surface area contributed by atoms with Gasteiger partial charge in [0.2, 0.25) is 16.9 Å². The second-order valence-corrected chi connectivity index (χ2v) is 10.8. The van der Waals surface area contributed by atoms with E-state index in [-0.39, 0.29) is 31.7 Å². The SMILES string of the molecule is CCc1cccc(CNC[C@H](O)[C@H](Cc2cc(F)cc(F)c2)NC(=O)CCC(=O)Nc2nnc(C3CC3)s2)c1. The number of nitrogens with zero attached hydrogens (tertiary/aromatic N) is 2. The highest BCUT2D eigenvalue weighted by molar-refractivity contribution is 7.15. The molecule has 0 radical (unpaired) electrons. The van der Waals surface area contributed by atoms with Gasteiger partial charge in [-0.25, -0.2) is 8.78 Å². The second-order valence-electron chi connectivity index (χ2n) is 9.80. The molecule has 1 aliphatic carbocycles. The molecule has 1 heterocycles. The molecule has 2 atom stereocenters. The van der Waals surface area contributed by atoms with E-state index in [0.717, 1.165) is 35.9 Å². The average Bonchev–Trinajstić information content (AvgIpc) is 3.65. The van der Waals surface area contributed by atoms with Crippen molar-refractivity contribution in [2.45, 2.75) is 70.1 Å². The van der Waals surface area contributed by atoms with Gasteiger partial charge in [-0.3, -0.25) is 9.59 Å². The van der Waals surface area contributed by atoms with Gasteiger partial charge in [-0.15, -0.1) is 10.2 Å². The summed E-state index contributed by atoms with van der Waals surface area (Å²) in [6, 6.07) is 10.3. The third-order valence-corrected chi connectivity index (χ3v) is 7.46. The van der Waals surface area contributed by atoms with Crippen molar-refractivity contribution in [2.75, 3.05) is 11.9 Å². The van der Waals surface area contributed by atoms with E-state index in [0.29, 0.717) is 23.2 Å². The highest BCUT2D eigenvalue weighted by Gasteiger charge is 2.28. The van der Waals surface area contributed by atoms with Crippen LogP contribution in [0.3, 0.4) is 0 Å². The summed E-state index contributed by atoms with van der Waals surface area (Å²) in [5, 5.41) is 28.8. The molecule has 8 nitrogen and oxygen atoms in total. The minimum atomic E-state index is -1.05. The van der Waals surface area contributed by atoms with Crippen LogP contribution in [0, 0.1) is 11.6 Å². The molecule has 0 bridgehead atoms. The summed E-state index contributed by atoms with van der Waals surface area (Å²) in [5.41, 5.74) is 2.56. The first-order valence-electron chi connectivity index (χ1n) is 13.1. The van der Waals surface area contributed by atoms with E-state index in [1.165, 1.54) is 29.0 Å². The lowest BCUT2D eigenvalue weighted by molar-refractivity contribution is -0.125. The highest BCUT2D eigenvalue weighted by atomic mass is 32.1. The summed E-state index contributed by atoms with van der Waals surface area (Å²) in [6.07, 6.45) is 1.82. The summed E-state index contributed by atoms with van der Waals surface area (Å²) in [4.78, 5) is 25.0. The predicted molar refractivity (Wildman–Crippen MR) is 145 cm³/mol. The maximum atomic E-state index is 13.8. The number of nitrogens with one attached hydrogen (secondary N) is 3. The minimum Gasteiger partial charge on any atom is -0.390 e. The molecule has 1 fully saturated rings. The van der Waals surface area contributed by atoms with Crippen LogP contribution in [0.1, 0.15) is 60.2 Å². The normalized spacial score (nSPS) is 14.6. The van der Waals surface area contributed by atoms with Gasteiger partial charge in [-0.1, -0.05) is 42.5 Å². The Bertz CT molecular complexity index is 1260. The molecule has 39 heavy (non-hydrogen) atoms. The average molecular weight is 558 g/mol. The van der Waals surface area contributed by atoms with Crippen LogP contribution in [0.2, 0.25) is 0 Å². The molecule has 4 N–H and O–H groups in total. The molecule has 0 saturated heterocycles. The number of aryl methyl sites for hydroxylation is 1. The van der Waals surface area contributed by atoms with Gasteiger partial charge in [-0.2, -0.15) is 0 Å². The number of benzene rings is 2. The van der Waals surface area contributed by atoms with Crippen molar-refractivity contribution in [3.8, 4) is 0 Å². The number of halogens is 2. The topological polar surface area (TPSA) is 116 Å². The van der Waals surface area contributed by atoms with Crippen LogP contribution in [0.5, 0.6) is 0 Å². The van der Waals surface area contributed by atoms with Gasteiger partial charge in [0.25, 0.3) is 0 Å². The van der Waals surface area contributed by atoms with Gasteiger partial charge in [0, 0.05) is 37.9 Å². The molecule has 1 aliphatic rings. The van der Waals surface area contributed by atoms with E-state index in [4.69, 9.17) is 0 Å². The quantitative estimate of drug-likeness (QED) is 0.239. The predicted octanol–water partition coefficient (Wildman–Crippen LogP) is 3.85. The van der Waals surface area contributed by atoms with E-state index in [2.05, 4.69) is 39.1 Å². The number of carbonyl (C=O) groups excluding carboxylic acids is 2. The van der Waals surface area contributed by atoms with Crippen molar-refractivity contribution in [3.05, 3.63) is 75.8 Å². The number of aliphatic hydroxyl groups excluding tert-OH is 1. The van der Waals surface area contributed by atoms with Crippen molar-refractivity contribution in [3.63, 3.8) is 0 Å². The molecule has 2 amide bonds. The Morgan fingerprint density at radius 2 is 1.74 bits per heavy atom. The molecule has 0 unspecified atom stereocenters. The summed E-state index contributed by atoms with van der Waals surface area (Å²) < 4.78 is 27.6. The van der Waals surface area contributed by atoms with Gasteiger partial charge in [0.05, 0.1) is 12.1 Å². The Balaban J connectivity index is 1.31. The Morgan fingerprint density at radius 3 is 2.46 bits per heavy atom. The lowest BCUT2D eigenvalue weighted by Crippen LogP contribution is -2.48. The Morgan fingerprint density at radius 1 is 1.03 bits per heavy atom. The minimum absolute atomic E-state index is 0.00944. The zero-order valence-corrected chi connectivity index (χ0v) is 22.6. The van der Waals surface area contributed by atoms with Gasteiger partial charge < -0.3 is 21.1 Å². The van der Waals surface area contributed by atoms with Gasteiger partial charge in [0.15, 0.2) is 0 Å². The molecule has 0 aliphatic heterocycles. The molecule has 2 aromatic carbocycles. The molecular formula is C28H33F2N5O3S. The van der Waals surface area contributed by atoms with Crippen LogP contribution >= 0.6 is 11.3 Å². The van der Waals surface area contributed by atoms with E-state index in [1.54, 1.807) is 0 Å². The standard InChI is InChI=1S/C28H33F2N5O3S/c1-2-17-4-3-5-18(10-17)15-31-16-24(36)23(13-19-11-21(29)14-22(30)12-19)32-25(37)8-9-26(38)33-28-35-34-27(39-28)20-6-7-20/h3-5,10-12,14,20,23-24,31,36H,2,6-9,13,15-16H2,1H3,(H,32,37)(H,33,35,38)/t23-,24-/m0/s1. The fourth-order valence-electron chi connectivity index (χ4n) is 4.20. The Labute approximate surface area is 230 Å². The van der Waals surface area contributed by atoms with E-state index in [9.17, 15) is 23.5 Å². The summed E-state index contributed by atoms with van der Waals surface area (Å²) >= 11 is 1.34. The molecular weight excluding hydrogens is 524 g/mol. The van der Waals surface area contributed by atoms with Crippen LogP contribution < -0.4 is 16.0 Å². The lowest BCUT2D eigenvalue weighted by atomic mass is 10.00. The largest absolute Gasteiger partial charge is 0.390 e. The molecule has 1 saturated carbocycles. The first-order chi connectivity index (χ1) is 18.8. The number of hydrogen-bond donors (Lipinski definition) is 4. The van der Waals surface area contributed by atoms with Crippen LogP contribution in [-0.2, 0) is 29.0 Å². The fourth-order valence-corrected chi connectivity index (χ4v) is 5.13. The molecule has 208 valence electrons. The maximum Gasteiger partial charge on any atom is 0.226 e. The zero-order valence-electron chi connectivity index (χ0n) is 21.8. The molecule has 1 aromatic heterocycles. The highest BCUT2D eigenvalue weighted by Crippen LogP contribution is 2.42. The number of carbonyl (C=O) groups is 2. The number of amides is 2. The third kappa shape index (κ3) is 9.15. The van der Waals surface area contributed by atoms with E-state index < -0.39 is 29.7 Å². The van der Waals surface area contributed by atoms with Crippen molar-refractivity contribution >= 4 is 28.3 Å². The molecule has 11 heteroatoms. The van der Waals surface area contributed by atoms with Crippen LogP contribution in [-0.4, -0.2) is 45.8 Å². The van der Waals surface area contributed by atoms with E-state index >= 15 is 0 Å². The van der Waals surface area contributed by atoms with Gasteiger partial charge in [0.1, 0.15) is 16.6 Å². The van der Waals surface area contributed by atoms with Gasteiger partial charge >= 0.3 is 0 Å². The smallest absolute Gasteiger partial charge is 0.226 e. The number of aromatic nitrogens is 2. The van der Waals surface area contributed by atoms with Crippen LogP contribution in [0.25, 0.3) is 0 Å². The van der Waals surface area contributed by atoms with Crippen molar-refractivity contribution in [2.24, 2.45) is 0 Å². The first-order valence-corrected chi connectivity index (χ1v) is 13.9. The molecule has 4 rings (SSSR count). The van der Waals surface area contributed by atoms with Gasteiger partial charge in [-0.05, 0) is 54.5 Å². The fraction of sp³-hybridized carbons (Fsp3) is 0.429. The van der Waals surface area contributed by atoms with E-state index in [1.807, 2.05) is 18.2 Å². The van der Waals surface area contributed by atoms with Crippen molar-refractivity contribution in [1.29, 1.82) is 0 Å². The van der Waals surface area contributed by atoms with Crippen molar-refractivity contribution in [1.82, 2.24) is 20.8 Å². The summed E-state index contributed by atoms with van der Waals surface area (Å²) in [6.45, 7) is 2.72. The van der Waals surface area contributed by atoms with Crippen molar-refractivity contribution < 1.29 is 23.5 Å². The number of hydrogen-bond acceptors (Lipinski definition) is 7. The number of aliphatic hydroxyl groups is 1. The van der Waals surface area contributed by atoms with Crippen LogP contribution in [0.4, 0.5) is 13.9 Å². The Hall–Kier alpha value is -3.28. The second kappa shape index (κ2) is 13.7. The zero-order chi connectivity index (χ0) is 27.8. The summed E-state index contributed by atoms with van der Waals surface area (Å²) in [5.74, 6) is -1.88. The number of anilines is 1. The molecule has 0 spiro atoms. The number of rotatable bonds is 14. The molecule has 3 aromatic rings. The maximum absolute atomic E-state index is 13.8. The third-order valence-electron chi connectivity index (χ3n) is 6.46.